The Morgan fingerprint density at radius 3 is 2.34 bits per heavy atom. The van der Waals surface area contributed by atoms with Crippen LogP contribution in [0.25, 0.3) is 6.08 Å². The fourth-order valence-corrected chi connectivity index (χ4v) is 6.25. The van der Waals surface area contributed by atoms with E-state index in [0.29, 0.717) is 17.9 Å². The van der Waals surface area contributed by atoms with Crippen molar-refractivity contribution in [3.63, 3.8) is 0 Å². The highest BCUT2D eigenvalue weighted by Crippen LogP contribution is 2.37. The largest absolute Gasteiger partial charge is 0.496 e. The number of halogens is 3. The van der Waals surface area contributed by atoms with Gasteiger partial charge in [-0.15, -0.1) is 0 Å². The van der Waals surface area contributed by atoms with E-state index in [4.69, 9.17) is 14.2 Å². The second-order valence-corrected chi connectivity index (χ2v) is 10.5. The number of allylic oxidation sites excluding steroid dienone is 1. The molecule has 4 rings (SSSR count). The van der Waals surface area contributed by atoms with Gasteiger partial charge in [0.15, 0.2) is 5.78 Å². The minimum atomic E-state index is -0.0464. The van der Waals surface area contributed by atoms with Crippen LogP contribution in [-0.2, 0) is 11.3 Å². The molecule has 3 aromatic carbocycles. The number of ketones is 1. The lowest BCUT2D eigenvalue weighted by atomic mass is 10.1. The number of methoxy groups -OCH3 is 1. The van der Waals surface area contributed by atoms with Crippen molar-refractivity contribution in [2.75, 3.05) is 38.3 Å². The third kappa shape index (κ3) is 6.76. The molecule has 8 heteroatoms. The Bertz CT molecular complexity index is 1200. The summed E-state index contributed by atoms with van der Waals surface area (Å²) in [6.45, 7) is 3.51. The van der Waals surface area contributed by atoms with Crippen molar-refractivity contribution in [1.82, 2.24) is 0 Å². The van der Waals surface area contributed by atoms with E-state index >= 15 is 0 Å². The van der Waals surface area contributed by atoms with Crippen LogP contribution in [0.1, 0.15) is 21.5 Å². The van der Waals surface area contributed by atoms with Gasteiger partial charge < -0.3 is 19.1 Å². The molecule has 1 heterocycles. The third-order valence-corrected chi connectivity index (χ3v) is 7.23. The van der Waals surface area contributed by atoms with Crippen LogP contribution in [0.5, 0.6) is 11.5 Å². The van der Waals surface area contributed by atoms with Gasteiger partial charge in [-0.05, 0) is 92.0 Å². The second kappa shape index (κ2) is 12.2. The zero-order valence-electron chi connectivity index (χ0n) is 19.1. The highest BCUT2D eigenvalue weighted by molar-refractivity contribution is 9.11. The number of benzene rings is 3. The summed E-state index contributed by atoms with van der Waals surface area (Å²) in [7, 11) is 1.63. The second-order valence-electron chi connectivity index (χ2n) is 7.90. The van der Waals surface area contributed by atoms with E-state index < -0.39 is 0 Å². The highest BCUT2D eigenvalue weighted by atomic mass is 79.9. The van der Waals surface area contributed by atoms with Crippen LogP contribution < -0.4 is 14.4 Å². The first-order chi connectivity index (χ1) is 16.9. The topological polar surface area (TPSA) is 48.0 Å². The first-order valence-corrected chi connectivity index (χ1v) is 13.4. The van der Waals surface area contributed by atoms with Crippen molar-refractivity contribution in [2.45, 2.75) is 6.61 Å². The minimum Gasteiger partial charge on any atom is -0.496 e. The van der Waals surface area contributed by atoms with E-state index in [9.17, 15) is 4.79 Å². The van der Waals surface area contributed by atoms with Gasteiger partial charge in [-0.1, -0.05) is 28.1 Å². The monoisotopic (exact) mass is 663 g/mol. The molecule has 0 atom stereocenters. The van der Waals surface area contributed by atoms with Crippen molar-refractivity contribution < 1.29 is 19.0 Å². The standard InChI is InChI=1S/C27H24Br3NO4/c1-33-26-9-3-18(14-20(26)17-35-27-23(29)15-21(28)16-24(27)30)2-8-25(32)19-4-6-22(7-5-19)31-10-12-34-13-11-31/h2-9,14-16H,10-13,17H2,1H3/b8-2+. The van der Waals surface area contributed by atoms with Gasteiger partial charge in [0.1, 0.15) is 18.1 Å². The summed E-state index contributed by atoms with van der Waals surface area (Å²) in [6, 6.07) is 17.3. The predicted octanol–water partition coefficient (Wildman–Crippen LogP) is 7.29. The van der Waals surface area contributed by atoms with Crippen LogP contribution in [0.3, 0.4) is 0 Å². The maximum absolute atomic E-state index is 12.7. The van der Waals surface area contributed by atoms with E-state index in [1.165, 1.54) is 0 Å². The first kappa shape index (κ1) is 25.9. The minimum absolute atomic E-state index is 0.0464. The van der Waals surface area contributed by atoms with Crippen LogP contribution >= 0.6 is 47.8 Å². The average Bonchev–Trinajstić information content (AvgIpc) is 2.87. The van der Waals surface area contributed by atoms with Crippen LogP contribution in [0, 0.1) is 0 Å². The molecule has 0 aliphatic carbocycles. The Morgan fingerprint density at radius 2 is 1.69 bits per heavy atom. The predicted molar refractivity (Wildman–Crippen MR) is 150 cm³/mol. The number of nitrogens with zero attached hydrogens (tertiary/aromatic N) is 1. The lowest BCUT2D eigenvalue weighted by Crippen LogP contribution is -2.36. The molecule has 1 aliphatic heterocycles. The lowest BCUT2D eigenvalue weighted by molar-refractivity contribution is 0.104. The summed E-state index contributed by atoms with van der Waals surface area (Å²) in [4.78, 5) is 15.0. The Kier molecular flexibility index (Phi) is 9.05. The number of carbonyl (C=O) groups is 1. The maximum atomic E-state index is 12.7. The molecule has 1 fully saturated rings. The molecule has 0 N–H and O–H groups in total. The molecule has 0 aromatic heterocycles. The molecule has 0 spiro atoms. The summed E-state index contributed by atoms with van der Waals surface area (Å²) in [5.41, 5.74) is 3.52. The van der Waals surface area contributed by atoms with Gasteiger partial charge >= 0.3 is 0 Å². The van der Waals surface area contributed by atoms with Gasteiger partial charge in [0, 0.05) is 34.4 Å². The Hall–Kier alpha value is -2.13. The van der Waals surface area contributed by atoms with E-state index in [2.05, 4.69) is 52.7 Å². The smallest absolute Gasteiger partial charge is 0.185 e. The molecule has 0 saturated carbocycles. The van der Waals surface area contributed by atoms with E-state index in [1.807, 2.05) is 60.7 Å². The summed E-state index contributed by atoms with van der Waals surface area (Å²) >= 11 is 10.5. The summed E-state index contributed by atoms with van der Waals surface area (Å²) in [5.74, 6) is 1.37. The molecule has 182 valence electrons. The number of hydrogen-bond acceptors (Lipinski definition) is 5. The summed E-state index contributed by atoms with van der Waals surface area (Å²) in [6.07, 6.45) is 3.41. The molecule has 0 radical (unpaired) electrons. The van der Waals surface area contributed by atoms with Crippen LogP contribution in [0.15, 0.2) is 74.1 Å². The molecule has 0 amide bonds. The van der Waals surface area contributed by atoms with Crippen molar-refractivity contribution in [1.29, 1.82) is 0 Å². The summed E-state index contributed by atoms with van der Waals surface area (Å²) < 4.78 is 19.6. The van der Waals surface area contributed by atoms with Gasteiger partial charge in [-0.25, -0.2) is 0 Å². The Morgan fingerprint density at radius 1 is 1.00 bits per heavy atom. The van der Waals surface area contributed by atoms with Crippen LogP contribution in [0.2, 0.25) is 0 Å². The molecule has 5 nitrogen and oxygen atoms in total. The van der Waals surface area contributed by atoms with E-state index in [0.717, 1.165) is 62.3 Å². The molecule has 35 heavy (non-hydrogen) atoms. The zero-order chi connectivity index (χ0) is 24.8. The average molecular weight is 666 g/mol. The highest BCUT2D eigenvalue weighted by Gasteiger charge is 2.13. The number of morpholine rings is 1. The fourth-order valence-electron chi connectivity index (χ4n) is 3.76. The lowest BCUT2D eigenvalue weighted by Gasteiger charge is -2.28. The van der Waals surface area contributed by atoms with E-state index in [1.54, 1.807) is 13.2 Å². The fraction of sp³-hybridized carbons (Fsp3) is 0.222. The molecular weight excluding hydrogens is 642 g/mol. The van der Waals surface area contributed by atoms with Gasteiger partial charge in [-0.2, -0.15) is 0 Å². The zero-order valence-corrected chi connectivity index (χ0v) is 23.9. The van der Waals surface area contributed by atoms with Crippen molar-refractivity contribution >= 4 is 65.3 Å². The molecule has 0 bridgehead atoms. The molecule has 1 saturated heterocycles. The van der Waals surface area contributed by atoms with Gasteiger partial charge in [-0.3, -0.25) is 4.79 Å². The Balaban J connectivity index is 1.45. The first-order valence-electron chi connectivity index (χ1n) is 11.0. The van der Waals surface area contributed by atoms with E-state index in [-0.39, 0.29) is 5.78 Å². The SMILES string of the molecule is COc1ccc(/C=C/C(=O)c2ccc(N3CCOCC3)cc2)cc1COc1c(Br)cc(Br)cc1Br. The van der Waals surface area contributed by atoms with Crippen LogP contribution in [0.4, 0.5) is 5.69 Å². The van der Waals surface area contributed by atoms with Gasteiger partial charge in [0.25, 0.3) is 0 Å². The van der Waals surface area contributed by atoms with Crippen molar-refractivity contribution in [2.24, 2.45) is 0 Å². The van der Waals surface area contributed by atoms with Crippen LogP contribution in [-0.4, -0.2) is 39.2 Å². The maximum Gasteiger partial charge on any atom is 0.185 e. The number of ether oxygens (including phenoxy) is 3. The van der Waals surface area contributed by atoms with Gasteiger partial charge in [0.2, 0.25) is 0 Å². The van der Waals surface area contributed by atoms with Crippen molar-refractivity contribution in [3.8, 4) is 11.5 Å². The number of anilines is 1. The normalized spacial score (nSPS) is 13.8. The molecule has 3 aromatic rings. The molecule has 0 unspecified atom stereocenters. The number of rotatable bonds is 8. The number of hydrogen-bond donors (Lipinski definition) is 0. The molecular formula is C27H24Br3NO4. The number of carbonyl (C=O) groups excluding carboxylic acids is 1. The summed E-state index contributed by atoms with van der Waals surface area (Å²) in [5, 5.41) is 0. The van der Waals surface area contributed by atoms with Crippen molar-refractivity contribution in [3.05, 3.63) is 90.8 Å². The third-order valence-electron chi connectivity index (χ3n) is 5.59. The van der Waals surface area contributed by atoms with Gasteiger partial charge in [0.05, 0.1) is 29.3 Å². The molecule has 1 aliphatic rings. The Labute approximate surface area is 230 Å². The quantitative estimate of drug-likeness (QED) is 0.187.